The zero-order valence-electron chi connectivity index (χ0n) is 12.9. The standard InChI is InChI=1S/C16H20N4OS/c1-11(15(21)20-9-5-6-10-20)22-16-18-13-8-4-3-7-12(13)14(17-2)19-16/h3-4,7-8,11H,5-6,9-10H2,1-2H3,(H,17,18,19). The van der Waals surface area contributed by atoms with Crippen LogP contribution in [0.1, 0.15) is 19.8 Å². The van der Waals surface area contributed by atoms with Crippen LogP contribution < -0.4 is 5.32 Å². The van der Waals surface area contributed by atoms with Crippen LogP contribution in [0.4, 0.5) is 5.82 Å². The molecule has 0 radical (unpaired) electrons. The van der Waals surface area contributed by atoms with Crippen molar-refractivity contribution in [2.24, 2.45) is 0 Å². The fourth-order valence-electron chi connectivity index (χ4n) is 2.70. The molecule has 1 aromatic heterocycles. The van der Waals surface area contributed by atoms with E-state index in [1.54, 1.807) is 0 Å². The van der Waals surface area contributed by atoms with Crippen LogP contribution in [0.3, 0.4) is 0 Å². The van der Waals surface area contributed by atoms with Crippen LogP contribution in [0, 0.1) is 0 Å². The van der Waals surface area contributed by atoms with Crippen molar-refractivity contribution in [3.63, 3.8) is 0 Å². The van der Waals surface area contributed by atoms with Gasteiger partial charge in [-0.25, -0.2) is 9.97 Å². The summed E-state index contributed by atoms with van der Waals surface area (Å²) >= 11 is 1.43. The highest BCUT2D eigenvalue weighted by Crippen LogP contribution is 2.27. The van der Waals surface area contributed by atoms with Gasteiger partial charge in [-0.15, -0.1) is 0 Å². The molecule has 1 aliphatic heterocycles. The second-order valence-electron chi connectivity index (χ2n) is 5.41. The average molecular weight is 316 g/mol. The molecule has 6 heteroatoms. The number of rotatable bonds is 4. The van der Waals surface area contributed by atoms with Crippen LogP contribution in [0.5, 0.6) is 0 Å². The van der Waals surface area contributed by atoms with Gasteiger partial charge in [0.05, 0.1) is 10.8 Å². The third kappa shape index (κ3) is 3.02. The summed E-state index contributed by atoms with van der Waals surface area (Å²) in [6.45, 7) is 3.69. The number of nitrogens with zero attached hydrogens (tertiary/aromatic N) is 3. The lowest BCUT2D eigenvalue weighted by Crippen LogP contribution is -2.34. The molecule has 1 amide bonds. The molecule has 1 aromatic carbocycles. The summed E-state index contributed by atoms with van der Waals surface area (Å²) in [5.41, 5.74) is 0.894. The summed E-state index contributed by atoms with van der Waals surface area (Å²) < 4.78 is 0. The topological polar surface area (TPSA) is 58.1 Å². The van der Waals surface area contributed by atoms with E-state index in [1.807, 2.05) is 43.1 Å². The number of fused-ring (bicyclic) bond motifs is 1. The van der Waals surface area contributed by atoms with Gasteiger partial charge in [-0.3, -0.25) is 4.79 Å². The van der Waals surface area contributed by atoms with Crippen LogP contribution in [0.25, 0.3) is 10.9 Å². The molecular formula is C16H20N4OS. The summed E-state index contributed by atoms with van der Waals surface area (Å²) in [5.74, 6) is 0.985. The molecule has 116 valence electrons. The van der Waals surface area contributed by atoms with E-state index >= 15 is 0 Å². The van der Waals surface area contributed by atoms with Gasteiger partial charge in [-0.05, 0) is 31.9 Å². The fraction of sp³-hybridized carbons (Fsp3) is 0.438. The molecule has 1 unspecified atom stereocenters. The maximum Gasteiger partial charge on any atom is 0.235 e. The first-order chi connectivity index (χ1) is 10.7. The van der Waals surface area contributed by atoms with Gasteiger partial charge in [0.1, 0.15) is 5.82 Å². The molecule has 1 atom stereocenters. The first-order valence-corrected chi connectivity index (χ1v) is 8.47. The van der Waals surface area contributed by atoms with E-state index in [4.69, 9.17) is 0 Å². The Kier molecular flexibility index (Phi) is 4.47. The Morgan fingerprint density at radius 3 is 2.73 bits per heavy atom. The summed E-state index contributed by atoms with van der Waals surface area (Å²) in [6.07, 6.45) is 2.22. The largest absolute Gasteiger partial charge is 0.372 e. The van der Waals surface area contributed by atoms with Crippen molar-refractivity contribution in [2.75, 3.05) is 25.5 Å². The van der Waals surface area contributed by atoms with Crippen LogP contribution in [-0.2, 0) is 4.79 Å². The predicted octanol–water partition coefficient (Wildman–Crippen LogP) is 2.77. The van der Waals surface area contributed by atoms with E-state index in [0.717, 1.165) is 42.7 Å². The molecule has 0 aliphatic carbocycles. The summed E-state index contributed by atoms with van der Waals surface area (Å²) in [7, 11) is 1.85. The van der Waals surface area contributed by atoms with Crippen molar-refractivity contribution < 1.29 is 4.79 Å². The molecule has 2 heterocycles. The van der Waals surface area contributed by atoms with Gasteiger partial charge in [0.15, 0.2) is 5.16 Å². The number of hydrogen-bond donors (Lipinski definition) is 1. The second kappa shape index (κ2) is 6.52. The highest BCUT2D eigenvalue weighted by atomic mass is 32.2. The molecule has 3 rings (SSSR count). The van der Waals surface area contributed by atoms with E-state index in [9.17, 15) is 4.79 Å². The van der Waals surface area contributed by atoms with Crippen molar-refractivity contribution in [1.82, 2.24) is 14.9 Å². The lowest BCUT2D eigenvalue weighted by atomic mass is 10.2. The van der Waals surface area contributed by atoms with Gasteiger partial charge >= 0.3 is 0 Å². The first-order valence-electron chi connectivity index (χ1n) is 7.59. The molecule has 2 aromatic rings. The zero-order chi connectivity index (χ0) is 15.5. The van der Waals surface area contributed by atoms with E-state index in [0.29, 0.717) is 5.16 Å². The molecular weight excluding hydrogens is 296 g/mol. The number of para-hydroxylation sites is 1. The Bertz CT molecular complexity index is 685. The lowest BCUT2D eigenvalue weighted by molar-refractivity contribution is -0.129. The molecule has 0 saturated carbocycles. The summed E-state index contributed by atoms with van der Waals surface area (Å²) in [6, 6.07) is 7.89. The number of aromatic nitrogens is 2. The van der Waals surface area contributed by atoms with Gasteiger partial charge < -0.3 is 10.2 Å². The number of nitrogens with one attached hydrogen (secondary N) is 1. The summed E-state index contributed by atoms with van der Waals surface area (Å²) in [4.78, 5) is 23.5. The maximum atomic E-state index is 12.4. The molecule has 22 heavy (non-hydrogen) atoms. The first kappa shape index (κ1) is 15.1. The highest BCUT2D eigenvalue weighted by Gasteiger charge is 2.25. The summed E-state index contributed by atoms with van der Waals surface area (Å²) in [5, 5.41) is 4.58. The number of hydrogen-bond acceptors (Lipinski definition) is 5. The molecule has 1 N–H and O–H groups in total. The monoisotopic (exact) mass is 316 g/mol. The lowest BCUT2D eigenvalue weighted by Gasteiger charge is -2.19. The SMILES string of the molecule is CNc1nc(SC(C)C(=O)N2CCCC2)nc2ccccc12. The Morgan fingerprint density at radius 1 is 1.27 bits per heavy atom. The number of carbonyl (C=O) groups excluding carboxylic acids is 1. The minimum atomic E-state index is -0.163. The van der Waals surface area contributed by atoms with Crippen LogP contribution in [-0.4, -0.2) is 46.2 Å². The van der Waals surface area contributed by atoms with Gasteiger partial charge in [-0.1, -0.05) is 23.9 Å². The van der Waals surface area contributed by atoms with Crippen molar-refractivity contribution >= 4 is 34.4 Å². The molecule has 0 bridgehead atoms. The van der Waals surface area contributed by atoms with Gasteiger partial charge in [0.25, 0.3) is 0 Å². The minimum Gasteiger partial charge on any atom is -0.372 e. The van der Waals surface area contributed by atoms with E-state index in [-0.39, 0.29) is 11.2 Å². The van der Waals surface area contributed by atoms with E-state index in [1.165, 1.54) is 11.8 Å². The number of benzene rings is 1. The molecule has 1 saturated heterocycles. The number of anilines is 1. The Labute approximate surface area is 134 Å². The van der Waals surface area contributed by atoms with Crippen molar-refractivity contribution in [1.29, 1.82) is 0 Å². The molecule has 1 aliphatic rings. The van der Waals surface area contributed by atoms with Crippen molar-refractivity contribution in [2.45, 2.75) is 30.2 Å². The fourth-order valence-corrected chi connectivity index (χ4v) is 3.56. The average Bonchev–Trinajstić information content (AvgIpc) is 3.07. The molecule has 5 nitrogen and oxygen atoms in total. The van der Waals surface area contributed by atoms with E-state index < -0.39 is 0 Å². The minimum absolute atomic E-state index is 0.163. The number of likely N-dealkylation sites (tertiary alicyclic amines) is 1. The van der Waals surface area contributed by atoms with Crippen LogP contribution >= 0.6 is 11.8 Å². The number of amides is 1. The van der Waals surface area contributed by atoms with Crippen LogP contribution in [0.15, 0.2) is 29.4 Å². The quantitative estimate of drug-likeness (QED) is 0.694. The highest BCUT2D eigenvalue weighted by molar-refractivity contribution is 8.00. The Balaban J connectivity index is 1.82. The normalized spacial score (nSPS) is 16.0. The van der Waals surface area contributed by atoms with Gasteiger partial charge in [-0.2, -0.15) is 0 Å². The number of thioether (sulfide) groups is 1. The Hall–Kier alpha value is -1.82. The third-order valence-corrected chi connectivity index (χ3v) is 4.82. The van der Waals surface area contributed by atoms with Crippen molar-refractivity contribution in [3.8, 4) is 0 Å². The molecule has 1 fully saturated rings. The van der Waals surface area contributed by atoms with Crippen molar-refractivity contribution in [3.05, 3.63) is 24.3 Å². The zero-order valence-corrected chi connectivity index (χ0v) is 13.7. The maximum absolute atomic E-state index is 12.4. The van der Waals surface area contributed by atoms with E-state index in [2.05, 4.69) is 15.3 Å². The van der Waals surface area contributed by atoms with Gasteiger partial charge in [0, 0.05) is 25.5 Å². The van der Waals surface area contributed by atoms with Gasteiger partial charge in [0.2, 0.25) is 5.91 Å². The second-order valence-corrected chi connectivity index (χ2v) is 6.72. The Morgan fingerprint density at radius 2 is 2.00 bits per heavy atom. The molecule has 0 spiro atoms. The number of carbonyl (C=O) groups is 1. The third-order valence-electron chi connectivity index (χ3n) is 3.87. The van der Waals surface area contributed by atoms with Crippen LogP contribution in [0.2, 0.25) is 0 Å². The predicted molar refractivity (Wildman–Crippen MR) is 90.2 cm³/mol. The smallest absolute Gasteiger partial charge is 0.235 e.